The Kier molecular flexibility index (Phi) is 2.67. The van der Waals surface area contributed by atoms with E-state index in [1.165, 1.54) is 6.20 Å². The molecule has 19 heavy (non-hydrogen) atoms. The minimum Gasteiger partial charge on any atom is -0.594 e. The number of nitrogens with zero attached hydrogens (tertiary/aromatic N) is 2. The molecule has 3 rings (SSSR count). The fourth-order valence-corrected chi connectivity index (χ4v) is 2.31. The maximum absolute atomic E-state index is 11.7. The third kappa shape index (κ3) is 2.15. The largest absolute Gasteiger partial charge is 0.594 e. The SMILES string of the molecule is Cc1cccc(-c2n[n+]([O-])cc3cc(C)ccc23)c1. The molecule has 0 atom stereocenters. The number of rotatable bonds is 1. The van der Waals surface area contributed by atoms with Crippen LogP contribution in [0.4, 0.5) is 0 Å². The smallest absolute Gasteiger partial charge is 0.217 e. The van der Waals surface area contributed by atoms with Gasteiger partial charge in [-0.3, -0.25) is 0 Å². The fraction of sp³-hybridized carbons (Fsp3) is 0.125. The molecular weight excluding hydrogens is 236 g/mol. The Bertz CT molecular complexity index is 761. The summed E-state index contributed by atoms with van der Waals surface area (Å²) in [5.74, 6) is 0. The van der Waals surface area contributed by atoms with Crippen molar-refractivity contribution in [2.75, 3.05) is 0 Å². The van der Waals surface area contributed by atoms with Crippen molar-refractivity contribution in [2.45, 2.75) is 13.8 Å². The summed E-state index contributed by atoms with van der Waals surface area (Å²) < 4.78 is 0. The summed E-state index contributed by atoms with van der Waals surface area (Å²) in [5.41, 5.74) is 3.99. The second-order valence-electron chi connectivity index (χ2n) is 4.84. The minimum absolute atomic E-state index is 0.638. The van der Waals surface area contributed by atoms with E-state index in [1.807, 2.05) is 56.3 Å². The molecule has 0 fully saturated rings. The second-order valence-corrected chi connectivity index (χ2v) is 4.84. The van der Waals surface area contributed by atoms with E-state index in [2.05, 4.69) is 5.10 Å². The highest BCUT2D eigenvalue weighted by Gasteiger charge is 2.11. The van der Waals surface area contributed by atoms with Gasteiger partial charge in [0.1, 0.15) is 5.69 Å². The van der Waals surface area contributed by atoms with Crippen LogP contribution in [0, 0.1) is 19.1 Å². The van der Waals surface area contributed by atoms with Crippen LogP contribution in [0.15, 0.2) is 48.7 Å². The Morgan fingerprint density at radius 2 is 1.79 bits per heavy atom. The van der Waals surface area contributed by atoms with Crippen molar-refractivity contribution < 1.29 is 4.85 Å². The molecule has 1 aromatic heterocycles. The minimum atomic E-state index is 0.638. The van der Waals surface area contributed by atoms with Gasteiger partial charge in [0, 0.05) is 16.0 Å². The van der Waals surface area contributed by atoms with Crippen LogP contribution in [0.3, 0.4) is 0 Å². The van der Waals surface area contributed by atoms with Gasteiger partial charge in [-0.25, -0.2) is 0 Å². The Labute approximate surface area is 111 Å². The molecule has 94 valence electrons. The van der Waals surface area contributed by atoms with Gasteiger partial charge in [-0.15, -0.1) is 0 Å². The molecule has 3 heteroatoms. The molecule has 3 aromatic rings. The van der Waals surface area contributed by atoms with Gasteiger partial charge >= 0.3 is 0 Å². The lowest BCUT2D eigenvalue weighted by atomic mass is 10.0. The molecule has 0 aliphatic carbocycles. The van der Waals surface area contributed by atoms with E-state index in [9.17, 15) is 5.21 Å². The molecule has 0 saturated carbocycles. The predicted molar refractivity (Wildman–Crippen MR) is 75.6 cm³/mol. The molecule has 0 aliphatic rings. The average molecular weight is 250 g/mol. The van der Waals surface area contributed by atoms with Crippen LogP contribution in [0.1, 0.15) is 11.1 Å². The van der Waals surface area contributed by atoms with Gasteiger partial charge in [0.15, 0.2) is 0 Å². The molecule has 0 amide bonds. The summed E-state index contributed by atoms with van der Waals surface area (Å²) in [7, 11) is 0. The lowest BCUT2D eigenvalue weighted by molar-refractivity contribution is -0.666. The molecule has 0 spiro atoms. The first-order chi connectivity index (χ1) is 9.13. The van der Waals surface area contributed by atoms with E-state index in [0.29, 0.717) is 4.85 Å². The highest BCUT2D eigenvalue weighted by atomic mass is 16.5. The molecule has 0 aliphatic heterocycles. The molecule has 1 heterocycles. The van der Waals surface area contributed by atoms with E-state index in [0.717, 1.165) is 33.2 Å². The number of benzene rings is 2. The van der Waals surface area contributed by atoms with Crippen LogP contribution in [0.25, 0.3) is 22.0 Å². The van der Waals surface area contributed by atoms with Gasteiger partial charge in [0.05, 0.1) is 5.39 Å². The van der Waals surface area contributed by atoms with Crippen molar-refractivity contribution in [1.82, 2.24) is 5.10 Å². The number of hydrogen-bond acceptors (Lipinski definition) is 2. The second kappa shape index (κ2) is 4.35. The fourth-order valence-electron chi connectivity index (χ4n) is 2.31. The van der Waals surface area contributed by atoms with E-state index in [4.69, 9.17) is 0 Å². The number of fused-ring (bicyclic) bond motifs is 1. The maximum atomic E-state index is 11.7. The summed E-state index contributed by atoms with van der Waals surface area (Å²) in [4.78, 5) is 0.638. The standard InChI is InChI=1S/C16H14N2O/c1-11-4-3-5-13(8-11)16-15-7-6-12(2)9-14(15)10-18(19)17-16/h3-10H,1-2H3. The first kappa shape index (κ1) is 11.7. The first-order valence-corrected chi connectivity index (χ1v) is 6.21. The van der Waals surface area contributed by atoms with Crippen molar-refractivity contribution in [3.63, 3.8) is 0 Å². The van der Waals surface area contributed by atoms with Crippen LogP contribution >= 0.6 is 0 Å². The Morgan fingerprint density at radius 1 is 1.00 bits per heavy atom. The molecule has 0 bridgehead atoms. The number of aromatic nitrogens is 2. The third-order valence-corrected chi connectivity index (χ3v) is 3.20. The topological polar surface area (TPSA) is 39.8 Å². The first-order valence-electron chi connectivity index (χ1n) is 6.21. The predicted octanol–water partition coefficient (Wildman–Crippen LogP) is 3.15. The number of aryl methyl sites for hydroxylation is 2. The van der Waals surface area contributed by atoms with Crippen LogP contribution in [0.5, 0.6) is 0 Å². The number of hydrogen-bond donors (Lipinski definition) is 0. The summed E-state index contributed by atoms with van der Waals surface area (Å²) in [5, 5.41) is 17.7. The lowest BCUT2D eigenvalue weighted by Gasteiger charge is -2.06. The van der Waals surface area contributed by atoms with E-state index < -0.39 is 0 Å². The lowest BCUT2D eigenvalue weighted by Crippen LogP contribution is -2.30. The van der Waals surface area contributed by atoms with E-state index in [-0.39, 0.29) is 0 Å². The zero-order valence-electron chi connectivity index (χ0n) is 10.9. The maximum Gasteiger partial charge on any atom is 0.217 e. The van der Waals surface area contributed by atoms with E-state index >= 15 is 0 Å². The van der Waals surface area contributed by atoms with Crippen molar-refractivity contribution >= 4 is 10.8 Å². The molecule has 0 saturated heterocycles. The molecule has 0 unspecified atom stereocenters. The summed E-state index contributed by atoms with van der Waals surface area (Å²) in [6.07, 6.45) is 1.52. The summed E-state index contributed by atoms with van der Waals surface area (Å²) >= 11 is 0. The van der Waals surface area contributed by atoms with Crippen molar-refractivity contribution in [3.05, 3.63) is 65.0 Å². The quantitative estimate of drug-likeness (QED) is 0.491. The highest BCUT2D eigenvalue weighted by Crippen LogP contribution is 2.26. The normalized spacial score (nSPS) is 10.8. The van der Waals surface area contributed by atoms with Crippen LogP contribution in [0.2, 0.25) is 0 Å². The van der Waals surface area contributed by atoms with Crippen LogP contribution in [-0.2, 0) is 0 Å². The van der Waals surface area contributed by atoms with Crippen molar-refractivity contribution in [2.24, 2.45) is 0 Å². The van der Waals surface area contributed by atoms with Gasteiger partial charge in [0.2, 0.25) is 6.20 Å². The van der Waals surface area contributed by atoms with Gasteiger partial charge in [-0.1, -0.05) is 46.3 Å². The van der Waals surface area contributed by atoms with Crippen LogP contribution < -0.4 is 4.85 Å². The Hall–Kier alpha value is -2.42. The molecule has 3 nitrogen and oxygen atoms in total. The Morgan fingerprint density at radius 3 is 2.58 bits per heavy atom. The highest BCUT2D eigenvalue weighted by molar-refractivity contribution is 5.93. The van der Waals surface area contributed by atoms with Crippen LogP contribution in [-0.4, -0.2) is 5.10 Å². The zero-order chi connectivity index (χ0) is 13.4. The third-order valence-electron chi connectivity index (χ3n) is 3.20. The summed E-state index contributed by atoms with van der Waals surface area (Å²) in [6, 6.07) is 14.1. The van der Waals surface area contributed by atoms with Crippen molar-refractivity contribution in [3.8, 4) is 11.3 Å². The van der Waals surface area contributed by atoms with E-state index in [1.54, 1.807) is 0 Å². The van der Waals surface area contributed by atoms with Gasteiger partial charge in [0.25, 0.3) is 0 Å². The zero-order valence-corrected chi connectivity index (χ0v) is 10.9. The monoisotopic (exact) mass is 250 g/mol. The molecule has 0 N–H and O–H groups in total. The molecule has 0 radical (unpaired) electrons. The van der Waals surface area contributed by atoms with Gasteiger partial charge < -0.3 is 5.21 Å². The average Bonchev–Trinajstić information content (AvgIpc) is 2.37. The van der Waals surface area contributed by atoms with Crippen molar-refractivity contribution in [1.29, 1.82) is 0 Å². The summed E-state index contributed by atoms with van der Waals surface area (Å²) in [6.45, 7) is 4.05. The Balaban J connectivity index is 2.34. The van der Waals surface area contributed by atoms with Gasteiger partial charge in [-0.05, 0) is 26.0 Å². The molecule has 2 aromatic carbocycles. The molecular formula is C16H14N2O. The van der Waals surface area contributed by atoms with Gasteiger partial charge in [-0.2, -0.15) is 0 Å².